The van der Waals surface area contributed by atoms with Gasteiger partial charge in [0.1, 0.15) is 5.92 Å². The van der Waals surface area contributed by atoms with Gasteiger partial charge in [-0.05, 0) is 49.9 Å². The van der Waals surface area contributed by atoms with Crippen molar-refractivity contribution in [3.63, 3.8) is 0 Å². The van der Waals surface area contributed by atoms with E-state index in [0.29, 0.717) is 12.2 Å². The summed E-state index contributed by atoms with van der Waals surface area (Å²) in [4.78, 5) is 12.9. The Hall–Kier alpha value is -3.02. The fraction of sp³-hybridized carbons (Fsp3) is 0.263. The summed E-state index contributed by atoms with van der Waals surface area (Å²) in [6, 6.07) is 14.1. The normalized spacial score (nSPS) is 12.0. The SMILES string of the molecule is Cc1cccc(C[C@@H](C(=O)Nc2cc(C)ccc2C)c2nn[nH]n2)c1. The molecule has 0 saturated carbocycles. The van der Waals surface area contributed by atoms with Gasteiger partial charge in [-0.3, -0.25) is 4.79 Å². The fourth-order valence-corrected chi connectivity index (χ4v) is 2.78. The Morgan fingerprint density at radius 1 is 1.12 bits per heavy atom. The second-order valence-corrected chi connectivity index (χ2v) is 6.32. The van der Waals surface area contributed by atoms with Gasteiger partial charge >= 0.3 is 0 Å². The van der Waals surface area contributed by atoms with Crippen LogP contribution in [0.2, 0.25) is 0 Å². The molecule has 0 bridgehead atoms. The number of rotatable bonds is 5. The number of anilines is 1. The van der Waals surface area contributed by atoms with E-state index in [1.54, 1.807) is 0 Å². The van der Waals surface area contributed by atoms with Crippen LogP contribution < -0.4 is 5.32 Å². The Balaban J connectivity index is 1.86. The lowest BCUT2D eigenvalue weighted by molar-refractivity contribution is -0.117. The van der Waals surface area contributed by atoms with Crippen molar-refractivity contribution in [2.45, 2.75) is 33.1 Å². The Morgan fingerprint density at radius 3 is 2.64 bits per heavy atom. The van der Waals surface area contributed by atoms with Crippen LogP contribution in [0.15, 0.2) is 42.5 Å². The van der Waals surface area contributed by atoms with Crippen molar-refractivity contribution in [2.75, 3.05) is 5.32 Å². The van der Waals surface area contributed by atoms with E-state index in [9.17, 15) is 4.79 Å². The number of carbonyl (C=O) groups is 1. The van der Waals surface area contributed by atoms with Crippen LogP contribution in [0.1, 0.15) is 34.0 Å². The highest BCUT2D eigenvalue weighted by molar-refractivity contribution is 5.96. The third-order valence-corrected chi connectivity index (χ3v) is 4.16. The van der Waals surface area contributed by atoms with Crippen molar-refractivity contribution in [1.82, 2.24) is 20.6 Å². The molecule has 0 fully saturated rings. The lowest BCUT2D eigenvalue weighted by Crippen LogP contribution is -2.24. The molecule has 1 amide bonds. The van der Waals surface area contributed by atoms with Gasteiger partial charge in [-0.25, -0.2) is 0 Å². The molecule has 0 aliphatic carbocycles. The highest BCUT2D eigenvalue weighted by atomic mass is 16.1. The van der Waals surface area contributed by atoms with E-state index >= 15 is 0 Å². The number of nitrogens with one attached hydrogen (secondary N) is 2. The van der Waals surface area contributed by atoms with Crippen molar-refractivity contribution in [1.29, 1.82) is 0 Å². The van der Waals surface area contributed by atoms with Gasteiger partial charge < -0.3 is 5.32 Å². The summed E-state index contributed by atoms with van der Waals surface area (Å²) in [6.07, 6.45) is 0.512. The fourth-order valence-electron chi connectivity index (χ4n) is 2.78. The average Bonchev–Trinajstić information content (AvgIpc) is 3.10. The van der Waals surface area contributed by atoms with E-state index in [1.165, 1.54) is 0 Å². The van der Waals surface area contributed by atoms with Crippen molar-refractivity contribution < 1.29 is 4.79 Å². The van der Waals surface area contributed by atoms with Crippen LogP contribution in [0.3, 0.4) is 0 Å². The van der Waals surface area contributed by atoms with Gasteiger partial charge in [0, 0.05) is 5.69 Å². The number of hydrogen-bond acceptors (Lipinski definition) is 4. The Kier molecular flexibility index (Phi) is 4.88. The van der Waals surface area contributed by atoms with Crippen LogP contribution in [-0.2, 0) is 11.2 Å². The lowest BCUT2D eigenvalue weighted by atomic mass is 9.96. The first-order valence-corrected chi connectivity index (χ1v) is 8.20. The maximum Gasteiger partial charge on any atom is 0.235 e. The van der Waals surface area contributed by atoms with Crippen LogP contribution in [-0.4, -0.2) is 26.5 Å². The highest BCUT2D eigenvalue weighted by Gasteiger charge is 2.25. The third-order valence-electron chi connectivity index (χ3n) is 4.16. The van der Waals surface area contributed by atoms with Crippen LogP contribution >= 0.6 is 0 Å². The summed E-state index contributed by atoms with van der Waals surface area (Å²) in [6.45, 7) is 6.00. The molecule has 0 saturated heterocycles. The van der Waals surface area contributed by atoms with Gasteiger partial charge in [-0.2, -0.15) is 5.21 Å². The molecule has 25 heavy (non-hydrogen) atoms. The van der Waals surface area contributed by atoms with Gasteiger partial charge in [0.2, 0.25) is 5.91 Å². The highest BCUT2D eigenvalue weighted by Crippen LogP contribution is 2.22. The monoisotopic (exact) mass is 335 g/mol. The van der Waals surface area contributed by atoms with Crippen molar-refractivity contribution in [3.8, 4) is 0 Å². The summed E-state index contributed by atoms with van der Waals surface area (Å²) >= 11 is 0. The molecule has 0 spiro atoms. The number of hydrogen-bond donors (Lipinski definition) is 2. The predicted octanol–water partition coefficient (Wildman–Crippen LogP) is 3.09. The number of aromatic amines is 1. The summed E-state index contributed by atoms with van der Waals surface area (Å²) in [7, 11) is 0. The zero-order valence-corrected chi connectivity index (χ0v) is 14.6. The maximum absolute atomic E-state index is 12.9. The van der Waals surface area contributed by atoms with E-state index in [1.807, 2.05) is 57.2 Å². The Morgan fingerprint density at radius 2 is 1.92 bits per heavy atom. The molecular weight excluding hydrogens is 314 g/mol. The van der Waals surface area contributed by atoms with Gasteiger partial charge in [-0.15, -0.1) is 10.2 Å². The molecule has 6 nitrogen and oxygen atoms in total. The predicted molar refractivity (Wildman–Crippen MR) is 96.3 cm³/mol. The second-order valence-electron chi connectivity index (χ2n) is 6.32. The van der Waals surface area contributed by atoms with E-state index in [4.69, 9.17) is 0 Å². The molecule has 1 heterocycles. The standard InChI is InChI=1S/C19H21N5O/c1-12-5-4-6-15(9-12)11-16(18-21-23-24-22-18)19(25)20-17-10-13(2)7-8-14(17)3/h4-10,16H,11H2,1-3H3,(H,20,25)(H,21,22,23,24)/t16-/m1/s1. The van der Waals surface area contributed by atoms with Crippen LogP contribution in [0.4, 0.5) is 5.69 Å². The zero-order valence-electron chi connectivity index (χ0n) is 14.6. The molecule has 3 aromatic rings. The smallest absolute Gasteiger partial charge is 0.235 e. The van der Waals surface area contributed by atoms with Crippen LogP contribution in [0, 0.1) is 20.8 Å². The lowest BCUT2D eigenvalue weighted by Gasteiger charge is -2.16. The molecule has 0 radical (unpaired) electrons. The minimum absolute atomic E-state index is 0.142. The van der Waals surface area contributed by atoms with Gasteiger partial charge in [0.05, 0.1) is 0 Å². The number of nitrogens with zero attached hydrogens (tertiary/aromatic N) is 3. The first-order valence-electron chi connectivity index (χ1n) is 8.20. The van der Waals surface area contributed by atoms with Crippen LogP contribution in [0.5, 0.6) is 0 Å². The van der Waals surface area contributed by atoms with E-state index in [-0.39, 0.29) is 5.91 Å². The van der Waals surface area contributed by atoms with Gasteiger partial charge in [-0.1, -0.05) is 47.2 Å². The summed E-state index contributed by atoms with van der Waals surface area (Å²) in [5, 5.41) is 17.1. The molecule has 1 atom stereocenters. The Bertz CT molecular complexity index is 873. The molecular formula is C19H21N5O. The molecule has 0 unspecified atom stereocenters. The number of amides is 1. The first kappa shape index (κ1) is 16.8. The molecule has 0 aliphatic heterocycles. The van der Waals surface area contributed by atoms with Gasteiger partial charge in [0.25, 0.3) is 0 Å². The number of tetrazole rings is 1. The number of H-pyrrole nitrogens is 1. The minimum Gasteiger partial charge on any atom is -0.325 e. The summed E-state index contributed by atoms with van der Waals surface area (Å²) in [5.41, 5.74) is 5.13. The zero-order chi connectivity index (χ0) is 17.8. The second kappa shape index (κ2) is 7.25. The van der Waals surface area contributed by atoms with E-state index < -0.39 is 5.92 Å². The van der Waals surface area contributed by atoms with E-state index in [2.05, 4.69) is 32.0 Å². The topological polar surface area (TPSA) is 83.6 Å². The van der Waals surface area contributed by atoms with Crippen molar-refractivity contribution in [3.05, 3.63) is 70.5 Å². The Labute approximate surface area is 146 Å². The van der Waals surface area contributed by atoms with Crippen molar-refractivity contribution >= 4 is 11.6 Å². The maximum atomic E-state index is 12.9. The molecule has 2 aromatic carbocycles. The molecule has 0 aliphatic rings. The molecule has 6 heteroatoms. The largest absolute Gasteiger partial charge is 0.325 e. The average molecular weight is 335 g/mol. The summed E-state index contributed by atoms with van der Waals surface area (Å²) < 4.78 is 0. The molecule has 3 rings (SSSR count). The van der Waals surface area contributed by atoms with Gasteiger partial charge in [0.15, 0.2) is 5.82 Å². The number of aromatic nitrogens is 4. The quantitative estimate of drug-likeness (QED) is 0.750. The number of aryl methyl sites for hydroxylation is 3. The van der Waals surface area contributed by atoms with Crippen LogP contribution in [0.25, 0.3) is 0 Å². The first-order chi connectivity index (χ1) is 12.0. The number of benzene rings is 2. The number of carbonyl (C=O) groups excluding carboxylic acids is 1. The summed E-state index contributed by atoms with van der Waals surface area (Å²) in [5.74, 6) is -0.263. The molecule has 128 valence electrons. The molecule has 2 N–H and O–H groups in total. The molecule has 1 aromatic heterocycles. The van der Waals surface area contributed by atoms with E-state index in [0.717, 1.165) is 27.9 Å². The third kappa shape index (κ3) is 4.09. The minimum atomic E-state index is -0.513. The van der Waals surface area contributed by atoms with Crippen molar-refractivity contribution in [2.24, 2.45) is 0 Å².